The lowest BCUT2D eigenvalue weighted by atomic mass is 10.0. The molecule has 0 aliphatic rings. The number of ether oxygens (including phenoxy) is 2. The van der Waals surface area contributed by atoms with Crippen LogP contribution in [0.2, 0.25) is 5.15 Å². The maximum Gasteiger partial charge on any atom is 0.411 e. The van der Waals surface area contributed by atoms with E-state index < -0.39 is 17.8 Å². The number of carbonyl (C=O) groups excluding carboxylic acids is 2. The lowest BCUT2D eigenvalue weighted by Gasteiger charge is -2.24. The summed E-state index contributed by atoms with van der Waals surface area (Å²) in [6, 6.07) is 16.4. The van der Waals surface area contributed by atoms with Gasteiger partial charge in [0.25, 0.3) is 0 Å². The summed E-state index contributed by atoms with van der Waals surface area (Å²) in [4.78, 5) is 28.7. The second-order valence-electron chi connectivity index (χ2n) is 8.73. The van der Waals surface area contributed by atoms with Gasteiger partial charge in [0.2, 0.25) is 0 Å². The number of nitrogens with zero attached hydrogens (tertiary/aromatic N) is 2. The average molecular weight is 485 g/mol. The van der Waals surface area contributed by atoms with Gasteiger partial charge in [0.15, 0.2) is 0 Å². The molecule has 1 aromatic heterocycles. The van der Waals surface area contributed by atoms with Crippen molar-refractivity contribution in [3.8, 4) is 11.3 Å². The van der Waals surface area contributed by atoms with Gasteiger partial charge in [-0.25, -0.2) is 14.6 Å². The molecule has 0 spiro atoms. The van der Waals surface area contributed by atoms with Crippen LogP contribution in [0.4, 0.5) is 15.3 Å². The first-order valence-electron chi connectivity index (χ1n) is 10.8. The van der Waals surface area contributed by atoms with Crippen molar-refractivity contribution in [3.05, 3.63) is 71.1 Å². The van der Waals surface area contributed by atoms with E-state index in [4.69, 9.17) is 21.3 Å². The SMILES string of the molecule is COC(=O)Nc1ccc(-c2nc(CC(NC(=O)OC(C)(C)C)c3ccccc3)n(C)c2Cl)cc1. The highest BCUT2D eigenvalue weighted by molar-refractivity contribution is 6.32. The molecule has 0 saturated carbocycles. The van der Waals surface area contributed by atoms with Crippen LogP contribution in [0.3, 0.4) is 0 Å². The van der Waals surface area contributed by atoms with Crippen LogP contribution in [0, 0.1) is 0 Å². The molecule has 0 aliphatic carbocycles. The Labute approximate surface area is 204 Å². The third-order valence-electron chi connectivity index (χ3n) is 4.99. The molecule has 0 saturated heterocycles. The largest absolute Gasteiger partial charge is 0.453 e. The van der Waals surface area contributed by atoms with E-state index >= 15 is 0 Å². The Morgan fingerprint density at radius 3 is 2.29 bits per heavy atom. The molecule has 180 valence electrons. The van der Waals surface area contributed by atoms with Crippen molar-refractivity contribution in [2.45, 2.75) is 38.8 Å². The molecule has 8 nitrogen and oxygen atoms in total. The number of nitrogens with one attached hydrogen (secondary N) is 2. The number of alkyl carbamates (subject to hydrolysis) is 1. The summed E-state index contributed by atoms with van der Waals surface area (Å²) in [5.41, 5.74) is 2.30. The van der Waals surface area contributed by atoms with Gasteiger partial charge in [-0.05, 0) is 38.5 Å². The van der Waals surface area contributed by atoms with Crippen molar-refractivity contribution in [1.82, 2.24) is 14.9 Å². The van der Waals surface area contributed by atoms with Gasteiger partial charge in [-0.15, -0.1) is 0 Å². The fourth-order valence-electron chi connectivity index (χ4n) is 3.34. The molecule has 1 unspecified atom stereocenters. The lowest BCUT2D eigenvalue weighted by Crippen LogP contribution is -2.36. The molecule has 2 amide bonds. The van der Waals surface area contributed by atoms with Gasteiger partial charge in [0.05, 0.1) is 13.2 Å². The maximum absolute atomic E-state index is 12.5. The molecular weight excluding hydrogens is 456 g/mol. The summed E-state index contributed by atoms with van der Waals surface area (Å²) < 4.78 is 11.9. The van der Waals surface area contributed by atoms with E-state index in [1.165, 1.54) is 7.11 Å². The Bertz CT molecular complexity index is 1140. The Balaban J connectivity index is 1.86. The highest BCUT2D eigenvalue weighted by Gasteiger charge is 2.24. The zero-order valence-corrected chi connectivity index (χ0v) is 20.6. The summed E-state index contributed by atoms with van der Waals surface area (Å²) in [5.74, 6) is 0.696. The molecular formula is C25H29ClN4O4. The van der Waals surface area contributed by atoms with Gasteiger partial charge in [-0.3, -0.25) is 5.32 Å². The van der Waals surface area contributed by atoms with Crippen LogP contribution in [0.25, 0.3) is 11.3 Å². The van der Waals surface area contributed by atoms with E-state index in [2.05, 4.69) is 15.4 Å². The van der Waals surface area contributed by atoms with E-state index in [0.29, 0.717) is 28.8 Å². The van der Waals surface area contributed by atoms with Crippen molar-refractivity contribution < 1.29 is 19.1 Å². The number of aromatic nitrogens is 2. The Kier molecular flexibility index (Phi) is 7.83. The Hall–Kier alpha value is -3.52. The third kappa shape index (κ3) is 6.51. The summed E-state index contributed by atoms with van der Waals surface area (Å²) in [7, 11) is 3.14. The first-order chi connectivity index (χ1) is 16.1. The minimum absolute atomic E-state index is 0.368. The number of methoxy groups -OCH3 is 1. The number of benzene rings is 2. The normalized spacial score (nSPS) is 12.1. The van der Waals surface area contributed by atoms with E-state index in [1.807, 2.05) is 70.3 Å². The number of carbonyl (C=O) groups is 2. The van der Waals surface area contributed by atoms with Gasteiger partial charge < -0.3 is 19.4 Å². The molecule has 0 radical (unpaired) electrons. The minimum Gasteiger partial charge on any atom is -0.453 e. The molecule has 34 heavy (non-hydrogen) atoms. The summed E-state index contributed by atoms with van der Waals surface area (Å²) in [5, 5.41) is 6.03. The highest BCUT2D eigenvalue weighted by atomic mass is 35.5. The molecule has 2 N–H and O–H groups in total. The molecule has 0 bridgehead atoms. The van der Waals surface area contributed by atoms with Gasteiger partial charge in [0.1, 0.15) is 22.3 Å². The molecule has 2 aromatic carbocycles. The minimum atomic E-state index is -0.611. The van der Waals surface area contributed by atoms with Crippen LogP contribution in [0.15, 0.2) is 54.6 Å². The summed E-state index contributed by atoms with van der Waals surface area (Å²) in [6.07, 6.45) is -0.646. The zero-order valence-electron chi connectivity index (χ0n) is 19.9. The standard InChI is InChI=1S/C25H29ClN4O4/c1-25(2,3)34-24(32)28-19(16-9-7-6-8-10-16)15-20-29-21(22(26)30(20)4)17-11-13-18(14-12-17)27-23(31)33-5/h6-14,19H,15H2,1-5H3,(H,27,31)(H,28,32). The van der Waals surface area contributed by atoms with Gasteiger partial charge >= 0.3 is 12.2 Å². The lowest BCUT2D eigenvalue weighted by molar-refractivity contribution is 0.0502. The maximum atomic E-state index is 12.5. The van der Waals surface area contributed by atoms with Crippen LogP contribution >= 0.6 is 11.6 Å². The second kappa shape index (κ2) is 10.6. The number of hydrogen-bond donors (Lipinski definition) is 2. The highest BCUT2D eigenvalue weighted by Crippen LogP contribution is 2.30. The van der Waals surface area contributed by atoms with Crippen LogP contribution in [-0.4, -0.2) is 34.4 Å². The zero-order chi connectivity index (χ0) is 24.9. The number of rotatable bonds is 6. The number of hydrogen-bond acceptors (Lipinski definition) is 5. The topological polar surface area (TPSA) is 94.5 Å². The van der Waals surface area contributed by atoms with Crippen molar-refractivity contribution >= 4 is 29.5 Å². The number of anilines is 1. The summed E-state index contributed by atoms with van der Waals surface area (Å²) in [6.45, 7) is 5.46. The fraction of sp³-hybridized carbons (Fsp3) is 0.320. The quantitative estimate of drug-likeness (QED) is 0.466. The van der Waals surface area contributed by atoms with Crippen LogP contribution in [0.1, 0.15) is 38.2 Å². The first-order valence-corrected chi connectivity index (χ1v) is 11.2. The summed E-state index contributed by atoms with van der Waals surface area (Å²) >= 11 is 6.62. The molecule has 9 heteroatoms. The number of amides is 2. The van der Waals surface area contributed by atoms with Gasteiger partial charge in [-0.2, -0.15) is 0 Å². The molecule has 0 aliphatic heterocycles. The van der Waals surface area contributed by atoms with Crippen LogP contribution < -0.4 is 10.6 Å². The fourth-order valence-corrected chi connectivity index (χ4v) is 3.59. The number of halogens is 1. The second-order valence-corrected chi connectivity index (χ2v) is 9.09. The predicted molar refractivity (Wildman–Crippen MR) is 132 cm³/mol. The Morgan fingerprint density at radius 1 is 1.06 bits per heavy atom. The van der Waals surface area contributed by atoms with E-state index in [0.717, 1.165) is 11.1 Å². The number of imidazole rings is 1. The van der Waals surface area contributed by atoms with Gasteiger partial charge in [-0.1, -0.05) is 54.1 Å². The van der Waals surface area contributed by atoms with Crippen molar-refractivity contribution in [1.29, 1.82) is 0 Å². The third-order valence-corrected chi connectivity index (χ3v) is 5.42. The molecule has 1 heterocycles. The van der Waals surface area contributed by atoms with Crippen molar-refractivity contribution in [3.63, 3.8) is 0 Å². The van der Waals surface area contributed by atoms with E-state index in [1.54, 1.807) is 16.7 Å². The van der Waals surface area contributed by atoms with Gasteiger partial charge in [0, 0.05) is 24.7 Å². The van der Waals surface area contributed by atoms with E-state index in [-0.39, 0.29) is 6.04 Å². The average Bonchev–Trinajstić information content (AvgIpc) is 3.07. The molecule has 0 fully saturated rings. The monoisotopic (exact) mass is 484 g/mol. The Morgan fingerprint density at radius 2 is 1.71 bits per heavy atom. The van der Waals surface area contributed by atoms with E-state index in [9.17, 15) is 9.59 Å². The smallest absolute Gasteiger partial charge is 0.411 e. The van der Waals surface area contributed by atoms with Crippen molar-refractivity contribution in [2.24, 2.45) is 7.05 Å². The first kappa shape index (κ1) is 25.1. The van der Waals surface area contributed by atoms with Crippen LogP contribution in [-0.2, 0) is 22.9 Å². The predicted octanol–water partition coefficient (Wildman–Crippen LogP) is 5.73. The molecule has 1 atom stereocenters. The molecule has 3 rings (SSSR count). The van der Waals surface area contributed by atoms with Crippen LogP contribution in [0.5, 0.6) is 0 Å². The van der Waals surface area contributed by atoms with Crippen molar-refractivity contribution in [2.75, 3.05) is 12.4 Å². The molecule has 3 aromatic rings.